The first kappa shape index (κ1) is 12.0. The third-order valence-corrected chi connectivity index (χ3v) is 4.05. The van der Waals surface area contributed by atoms with Crippen LogP contribution in [-0.2, 0) is 13.0 Å². The summed E-state index contributed by atoms with van der Waals surface area (Å²) in [5.41, 5.74) is 8.59. The minimum Gasteiger partial charge on any atom is -0.493 e. The third-order valence-electron chi connectivity index (χ3n) is 4.05. The van der Waals surface area contributed by atoms with E-state index in [1.165, 1.54) is 30.5 Å². The van der Waals surface area contributed by atoms with E-state index in [4.69, 9.17) is 10.5 Å². The van der Waals surface area contributed by atoms with Crippen molar-refractivity contribution in [2.75, 3.05) is 20.2 Å². The summed E-state index contributed by atoms with van der Waals surface area (Å²) in [6.07, 6.45) is 3.45. The maximum absolute atomic E-state index is 5.83. The van der Waals surface area contributed by atoms with E-state index in [-0.39, 0.29) is 0 Å². The lowest BCUT2D eigenvalue weighted by molar-refractivity contribution is 0.178. The average Bonchev–Trinajstić information content (AvgIpc) is 2.74. The molecule has 0 spiro atoms. The van der Waals surface area contributed by atoms with Gasteiger partial charge in [0.15, 0.2) is 0 Å². The molecular weight excluding hydrogens is 224 g/mol. The standard InChI is InChI=1S/C15H22N2O/c1-17(10-12-7-14(16)8-12)9-11-2-3-15-13(6-11)4-5-18-15/h2-3,6,12,14H,4-5,7-10,16H2,1H3. The highest BCUT2D eigenvalue weighted by molar-refractivity contribution is 5.39. The van der Waals surface area contributed by atoms with E-state index in [1.54, 1.807) is 0 Å². The topological polar surface area (TPSA) is 38.5 Å². The number of hydrogen-bond acceptors (Lipinski definition) is 3. The second-order valence-corrected chi connectivity index (χ2v) is 5.83. The van der Waals surface area contributed by atoms with Gasteiger partial charge < -0.3 is 15.4 Å². The van der Waals surface area contributed by atoms with Gasteiger partial charge in [0.1, 0.15) is 5.75 Å². The first-order chi connectivity index (χ1) is 8.70. The normalized spacial score (nSPS) is 25.7. The minimum absolute atomic E-state index is 0.459. The molecule has 0 aromatic heterocycles. The fourth-order valence-corrected chi connectivity index (χ4v) is 3.09. The van der Waals surface area contributed by atoms with Gasteiger partial charge in [-0.1, -0.05) is 12.1 Å². The van der Waals surface area contributed by atoms with Gasteiger partial charge in [0.25, 0.3) is 0 Å². The second-order valence-electron chi connectivity index (χ2n) is 5.83. The first-order valence-corrected chi connectivity index (χ1v) is 6.89. The Morgan fingerprint density at radius 1 is 1.39 bits per heavy atom. The Bertz CT molecular complexity index is 427. The van der Waals surface area contributed by atoms with Crippen LogP contribution in [0.15, 0.2) is 18.2 Å². The van der Waals surface area contributed by atoms with Gasteiger partial charge in [0.2, 0.25) is 0 Å². The molecule has 3 nitrogen and oxygen atoms in total. The molecule has 0 amide bonds. The van der Waals surface area contributed by atoms with Crippen LogP contribution in [0.2, 0.25) is 0 Å². The van der Waals surface area contributed by atoms with Crippen molar-refractivity contribution in [2.24, 2.45) is 11.7 Å². The molecule has 0 bridgehead atoms. The van der Waals surface area contributed by atoms with Gasteiger partial charge in [-0.2, -0.15) is 0 Å². The molecule has 1 fully saturated rings. The molecule has 0 atom stereocenters. The molecule has 18 heavy (non-hydrogen) atoms. The predicted octanol–water partition coefficient (Wildman–Crippen LogP) is 1.79. The maximum atomic E-state index is 5.83. The lowest BCUT2D eigenvalue weighted by atomic mass is 9.80. The average molecular weight is 246 g/mol. The molecule has 1 aromatic rings. The van der Waals surface area contributed by atoms with Gasteiger partial charge in [-0.3, -0.25) is 0 Å². The highest BCUT2D eigenvalue weighted by Crippen LogP contribution is 2.28. The number of hydrogen-bond donors (Lipinski definition) is 1. The van der Waals surface area contributed by atoms with Crippen LogP contribution in [-0.4, -0.2) is 31.1 Å². The third kappa shape index (κ3) is 2.52. The summed E-state index contributed by atoms with van der Waals surface area (Å²) in [4.78, 5) is 2.41. The van der Waals surface area contributed by atoms with Crippen LogP contribution in [0.25, 0.3) is 0 Å². The van der Waals surface area contributed by atoms with Crippen LogP contribution in [0.4, 0.5) is 0 Å². The number of rotatable bonds is 4. The molecule has 1 aliphatic heterocycles. The van der Waals surface area contributed by atoms with E-state index in [9.17, 15) is 0 Å². The molecular formula is C15H22N2O. The molecule has 0 saturated heterocycles. The Labute approximate surface area is 109 Å². The molecule has 2 N–H and O–H groups in total. The molecule has 98 valence electrons. The second kappa shape index (κ2) is 4.90. The molecule has 0 unspecified atom stereocenters. The van der Waals surface area contributed by atoms with Crippen molar-refractivity contribution >= 4 is 0 Å². The molecule has 1 aliphatic carbocycles. The fraction of sp³-hybridized carbons (Fsp3) is 0.600. The highest BCUT2D eigenvalue weighted by atomic mass is 16.5. The van der Waals surface area contributed by atoms with Crippen LogP contribution in [0.5, 0.6) is 5.75 Å². The van der Waals surface area contributed by atoms with E-state index in [1.807, 2.05) is 0 Å². The lowest BCUT2D eigenvalue weighted by Crippen LogP contribution is -2.41. The zero-order valence-corrected chi connectivity index (χ0v) is 11.1. The van der Waals surface area contributed by atoms with E-state index >= 15 is 0 Å². The van der Waals surface area contributed by atoms with E-state index in [2.05, 4.69) is 30.1 Å². The number of benzene rings is 1. The minimum atomic E-state index is 0.459. The van der Waals surface area contributed by atoms with Crippen molar-refractivity contribution < 1.29 is 4.74 Å². The van der Waals surface area contributed by atoms with Crippen LogP contribution in [0.1, 0.15) is 24.0 Å². The van der Waals surface area contributed by atoms with Crippen LogP contribution in [0, 0.1) is 5.92 Å². The number of ether oxygens (including phenoxy) is 1. The summed E-state index contributed by atoms with van der Waals surface area (Å²) in [5.74, 6) is 1.88. The Hall–Kier alpha value is -1.06. The van der Waals surface area contributed by atoms with Gasteiger partial charge in [-0.15, -0.1) is 0 Å². The van der Waals surface area contributed by atoms with E-state index in [0.717, 1.165) is 31.2 Å². The molecule has 0 radical (unpaired) electrons. The van der Waals surface area contributed by atoms with Crippen molar-refractivity contribution in [3.05, 3.63) is 29.3 Å². The van der Waals surface area contributed by atoms with Crippen molar-refractivity contribution in [1.82, 2.24) is 4.90 Å². The van der Waals surface area contributed by atoms with Gasteiger partial charge in [0, 0.05) is 25.6 Å². The quantitative estimate of drug-likeness (QED) is 0.880. The SMILES string of the molecule is CN(Cc1ccc2c(c1)CCO2)CC1CC(N)C1. The van der Waals surface area contributed by atoms with Gasteiger partial charge in [0.05, 0.1) is 6.61 Å². The zero-order chi connectivity index (χ0) is 12.5. The van der Waals surface area contributed by atoms with E-state index in [0.29, 0.717) is 6.04 Å². The first-order valence-electron chi connectivity index (χ1n) is 6.89. The highest BCUT2D eigenvalue weighted by Gasteiger charge is 2.26. The van der Waals surface area contributed by atoms with Crippen molar-refractivity contribution in [3.63, 3.8) is 0 Å². The van der Waals surface area contributed by atoms with Gasteiger partial charge >= 0.3 is 0 Å². The Morgan fingerprint density at radius 2 is 2.22 bits per heavy atom. The van der Waals surface area contributed by atoms with Gasteiger partial charge in [-0.05, 0) is 43.0 Å². The smallest absolute Gasteiger partial charge is 0.122 e. The summed E-state index contributed by atoms with van der Waals surface area (Å²) in [6.45, 7) is 3.04. The summed E-state index contributed by atoms with van der Waals surface area (Å²) < 4.78 is 5.53. The predicted molar refractivity (Wildman–Crippen MR) is 72.7 cm³/mol. The Morgan fingerprint density at radius 3 is 3.00 bits per heavy atom. The molecule has 1 saturated carbocycles. The van der Waals surface area contributed by atoms with Crippen LogP contribution in [0.3, 0.4) is 0 Å². The largest absolute Gasteiger partial charge is 0.493 e. The molecule has 3 rings (SSSR count). The lowest BCUT2D eigenvalue weighted by Gasteiger charge is -2.35. The molecule has 3 heteroatoms. The summed E-state index contributed by atoms with van der Waals surface area (Å²) in [6, 6.07) is 7.06. The summed E-state index contributed by atoms with van der Waals surface area (Å²) in [7, 11) is 2.20. The molecule has 2 aliphatic rings. The Kier molecular flexibility index (Phi) is 3.27. The van der Waals surface area contributed by atoms with Crippen molar-refractivity contribution in [3.8, 4) is 5.75 Å². The summed E-state index contributed by atoms with van der Waals surface area (Å²) >= 11 is 0. The van der Waals surface area contributed by atoms with Crippen molar-refractivity contribution in [2.45, 2.75) is 31.8 Å². The molecule has 1 heterocycles. The van der Waals surface area contributed by atoms with Crippen molar-refractivity contribution in [1.29, 1.82) is 0 Å². The van der Waals surface area contributed by atoms with Gasteiger partial charge in [-0.25, -0.2) is 0 Å². The fourth-order valence-electron chi connectivity index (χ4n) is 3.09. The maximum Gasteiger partial charge on any atom is 0.122 e. The van der Waals surface area contributed by atoms with E-state index < -0.39 is 0 Å². The Balaban J connectivity index is 1.55. The zero-order valence-electron chi connectivity index (χ0n) is 11.1. The summed E-state index contributed by atoms with van der Waals surface area (Å²) in [5, 5.41) is 0. The monoisotopic (exact) mass is 246 g/mol. The number of nitrogens with two attached hydrogens (primary N) is 1. The molecule has 1 aromatic carbocycles. The van der Waals surface area contributed by atoms with Crippen LogP contribution < -0.4 is 10.5 Å². The number of nitrogens with zero attached hydrogens (tertiary/aromatic N) is 1. The van der Waals surface area contributed by atoms with Crippen LogP contribution >= 0.6 is 0 Å². The number of fused-ring (bicyclic) bond motifs is 1.